The SMILES string of the molecule is O=C(NC1C=C(F)C(F)=CC1)c1cccc(S(=O)(=O)NC2CCCC2O)c1. The van der Waals surface area contributed by atoms with E-state index in [-0.39, 0.29) is 16.9 Å². The fourth-order valence-corrected chi connectivity index (χ4v) is 4.50. The van der Waals surface area contributed by atoms with Gasteiger partial charge in [-0.1, -0.05) is 6.07 Å². The van der Waals surface area contributed by atoms with Crippen LogP contribution in [0.4, 0.5) is 8.78 Å². The van der Waals surface area contributed by atoms with Crippen molar-refractivity contribution in [1.29, 1.82) is 0 Å². The summed E-state index contributed by atoms with van der Waals surface area (Å²) in [6.07, 6.45) is 3.20. The summed E-state index contributed by atoms with van der Waals surface area (Å²) in [5.41, 5.74) is 0.0775. The zero-order valence-electron chi connectivity index (χ0n) is 14.4. The zero-order valence-corrected chi connectivity index (χ0v) is 15.2. The maximum atomic E-state index is 13.3. The number of allylic oxidation sites excluding steroid dienone is 2. The summed E-state index contributed by atoms with van der Waals surface area (Å²) in [6.45, 7) is 0. The highest BCUT2D eigenvalue weighted by atomic mass is 32.2. The number of hydrogen-bond donors (Lipinski definition) is 3. The maximum Gasteiger partial charge on any atom is 0.251 e. The highest BCUT2D eigenvalue weighted by Gasteiger charge is 2.30. The zero-order chi connectivity index (χ0) is 19.6. The third-order valence-corrected chi connectivity index (χ3v) is 6.12. The van der Waals surface area contributed by atoms with E-state index in [0.29, 0.717) is 12.8 Å². The minimum Gasteiger partial charge on any atom is -0.391 e. The molecule has 1 amide bonds. The summed E-state index contributed by atoms with van der Waals surface area (Å²) in [4.78, 5) is 12.2. The molecule has 2 aliphatic carbocycles. The molecule has 0 heterocycles. The smallest absolute Gasteiger partial charge is 0.251 e. The van der Waals surface area contributed by atoms with Gasteiger partial charge in [0.15, 0.2) is 11.7 Å². The second-order valence-corrected chi connectivity index (χ2v) is 8.35. The van der Waals surface area contributed by atoms with Gasteiger partial charge in [-0.3, -0.25) is 4.79 Å². The molecule has 27 heavy (non-hydrogen) atoms. The van der Waals surface area contributed by atoms with Gasteiger partial charge in [-0.05, 0) is 56.0 Å². The molecular formula is C18H20F2N2O4S. The monoisotopic (exact) mass is 398 g/mol. The van der Waals surface area contributed by atoms with Gasteiger partial charge in [-0.15, -0.1) is 0 Å². The van der Waals surface area contributed by atoms with Crippen LogP contribution in [0.2, 0.25) is 0 Å². The second-order valence-electron chi connectivity index (χ2n) is 6.64. The van der Waals surface area contributed by atoms with E-state index in [1.165, 1.54) is 24.3 Å². The van der Waals surface area contributed by atoms with Crippen molar-refractivity contribution in [3.05, 3.63) is 53.6 Å². The Morgan fingerprint density at radius 2 is 1.96 bits per heavy atom. The quantitative estimate of drug-likeness (QED) is 0.708. The fourth-order valence-electron chi connectivity index (χ4n) is 3.15. The lowest BCUT2D eigenvalue weighted by Gasteiger charge is -2.18. The van der Waals surface area contributed by atoms with Gasteiger partial charge >= 0.3 is 0 Å². The van der Waals surface area contributed by atoms with Crippen molar-refractivity contribution in [3.63, 3.8) is 0 Å². The molecule has 0 aromatic heterocycles. The van der Waals surface area contributed by atoms with Crippen molar-refractivity contribution in [2.24, 2.45) is 0 Å². The Kier molecular flexibility index (Phi) is 5.73. The lowest BCUT2D eigenvalue weighted by Crippen LogP contribution is -2.40. The predicted molar refractivity (Wildman–Crippen MR) is 94.7 cm³/mol. The molecule has 9 heteroatoms. The Labute approximate surface area is 156 Å². The van der Waals surface area contributed by atoms with E-state index >= 15 is 0 Å². The molecule has 146 valence electrons. The first-order valence-electron chi connectivity index (χ1n) is 8.61. The molecular weight excluding hydrogens is 378 g/mol. The standard InChI is InChI=1S/C18H20F2N2O4S/c19-14-8-7-12(10-15(14)20)21-18(24)11-3-1-4-13(9-11)27(25,26)22-16-5-2-6-17(16)23/h1,3-4,8-10,12,16-17,22-23H,2,5-7H2,(H,21,24). The second kappa shape index (κ2) is 7.87. The lowest BCUT2D eigenvalue weighted by atomic mass is 10.1. The van der Waals surface area contributed by atoms with Gasteiger partial charge in [-0.25, -0.2) is 21.9 Å². The van der Waals surface area contributed by atoms with Crippen LogP contribution in [0.25, 0.3) is 0 Å². The number of carbonyl (C=O) groups excluding carboxylic acids is 1. The van der Waals surface area contributed by atoms with E-state index in [1.54, 1.807) is 0 Å². The van der Waals surface area contributed by atoms with Crippen LogP contribution >= 0.6 is 0 Å². The van der Waals surface area contributed by atoms with E-state index < -0.39 is 45.8 Å². The molecule has 0 saturated heterocycles. The molecule has 2 aliphatic rings. The van der Waals surface area contributed by atoms with Crippen molar-refractivity contribution >= 4 is 15.9 Å². The van der Waals surface area contributed by atoms with Crippen LogP contribution in [0.3, 0.4) is 0 Å². The number of sulfonamides is 1. The molecule has 0 spiro atoms. The molecule has 1 saturated carbocycles. The summed E-state index contributed by atoms with van der Waals surface area (Å²) in [7, 11) is -3.90. The van der Waals surface area contributed by atoms with Crippen molar-refractivity contribution in [3.8, 4) is 0 Å². The van der Waals surface area contributed by atoms with E-state index in [2.05, 4.69) is 10.0 Å². The van der Waals surface area contributed by atoms with Gasteiger partial charge in [0, 0.05) is 11.6 Å². The number of aliphatic hydroxyl groups excluding tert-OH is 1. The van der Waals surface area contributed by atoms with Gasteiger partial charge < -0.3 is 10.4 Å². The normalized spacial score (nSPS) is 25.7. The van der Waals surface area contributed by atoms with Crippen molar-refractivity contribution < 1.29 is 27.1 Å². The first-order chi connectivity index (χ1) is 12.8. The number of benzene rings is 1. The van der Waals surface area contributed by atoms with Gasteiger partial charge in [0.25, 0.3) is 5.91 Å². The summed E-state index contributed by atoms with van der Waals surface area (Å²) in [6, 6.07) is 4.13. The average molecular weight is 398 g/mol. The summed E-state index contributed by atoms with van der Waals surface area (Å²) >= 11 is 0. The van der Waals surface area contributed by atoms with Crippen LogP contribution in [0.15, 0.2) is 53.0 Å². The van der Waals surface area contributed by atoms with Crippen molar-refractivity contribution in [2.75, 3.05) is 0 Å². The summed E-state index contributed by atoms with van der Waals surface area (Å²) in [5.74, 6) is -2.60. The van der Waals surface area contributed by atoms with Crippen LogP contribution in [0, 0.1) is 0 Å². The highest BCUT2D eigenvalue weighted by Crippen LogP contribution is 2.23. The molecule has 3 unspecified atom stereocenters. The predicted octanol–water partition coefficient (Wildman–Crippen LogP) is 2.09. The van der Waals surface area contributed by atoms with Gasteiger partial charge in [0.2, 0.25) is 10.0 Å². The number of carbonyl (C=O) groups is 1. The Morgan fingerprint density at radius 3 is 2.63 bits per heavy atom. The molecule has 6 nitrogen and oxygen atoms in total. The van der Waals surface area contributed by atoms with Gasteiger partial charge in [0.1, 0.15) is 0 Å². The number of nitrogens with one attached hydrogen (secondary N) is 2. The largest absolute Gasteiger partial charge is 0.391 e. The minimum atomic E-state index is -3.90. The molecule has 0 aliphatic heterocycles. The third kappa shape index (κ3) is 4.60. The number of amides is 1. The Morgan fingerprint density at radius 1 is 1.19 bits per heavy atom. The van der Waals surface area contributed by atoms with Gasteiger partial charge in [0.05, 0.1) is 17.0 Å². The lowest BCUT2D eigenvalue weighted by molar-refractivity contribution is 0.0943. The van der Waals surface area contributed by atoms with Crippen LogP contribution in [-0.4, -0.2) is 37.6 Å². The number of halogens is 2. The number of aliphatic hydroxyl groups is 1. The van der Waals surface area contributed by atoms with E-state index in [0.717, 1.165) is 18.6 Å². The van der Waals surface area contributed by atoms with Crippen LogP contribution < -0.4 is 10.0 Å². The number of rotatable bonds is 5. The molecule has 1 aromatic rings. The Hall–Kier alpha value is -2.10. The fraction of sp³-hybridized carbons (Fsp3) is 0.389. The van der Waals surface area contributed by atoms with Crippen LogP contribution in [0.1, 0.15) is 36.0 Å². The summed E-state index contributed by atoms with van der Waals surface area (Å²) in [5, 5.41) is 12.3. The molecule has 0 bridgehead atoms. The third-order valence-electron chi connectivity index (χ3n) is 4.64. The van der Waals surface area contributed by atoms with Crippen LogP contribution in [0.5, 0.6) is 0 Å². The Balaban J connectivity index is 1.72. The summed E-state index contributed by atoms with van der Waals surface area (Å²) < 4.78 is 53.8. The molecule has 1 fully saturated rings. The van der Waals surface area contributed by atoms with Crippen molar-refractivity contribution in [1.82, 2.24) is 10.0 Å². The van der Waals surface area contributed by atoms with E-state index in [9.17, 15) is 27.1 Å². The highest BCUT2D eigenvalue weighted by molar-refractivity contribution is 7.89. The Bertz CT molecular complexity index is 898. The number of hydrogen-bond acceptors (Lipinski definition) is 4. The van der Waals surface area contributed by atoms with Crippen LogP contribution in [-0.2, 0) is 10.0 Å². The van der Waals surface area contributed by atoms with Gasteiger partial charge in [-0.2, -0.15) is 0 Å². The maximum absolute atomic E-state index is 13.3. The first kappa shape index (κ1) is 19.7. The molecule has 3 atom stereocenters. The van der Waals surface area contributed by atoms with E-state index in [4.69, 9.17) is 0 Å². The minimum absolute atomic E-state index is 0.0775. The first-order valence-corrected chi connectivity index (χ1v) is 10.1. The van der Waals surface area contributed by atoms with Crippen molar-refractivity contribution in [2.45, 2.75) is 48.8 Å². The average Bonchev–Trinajstić information content (AvgIpc) is 3.02. The molecule has 3 rings (SSSR count). The topological polar surface area (TPSA) is 95.5 Å². The molecule has 1 aromatic carbocycles. The molecule has 3 N–H and O–H groups in total. The van der Waals surface area contributed by atoms with E-state index in [1.807, 2.05) is 0 Å². The molecule has 0 radical (unpaired) electrons.